The first-order valence-corrected chi connectivity index (χ1v) is 6.03. The number of hydrogen-bond acceptors (Lipinski definition) is 5. The van der Waals surface area contributed by atoms with E-state index in [-0.39, 0.29) is 12.4 Å². The number of rotatable bonds is 3. The molecule has 2 aromatic heterocycles. The fourth-order valence-corrected chi connectivity index (χ4v) is 1.96. The molecule has 0 aliphatic heterocycles. The number of pyridine rings is 1. The summed E-state index contributed by atoms with van der Waals surface area (Å²) in [7, 11) is 0. The maximum absolute atomic E-state index is 9.11. The molecule has 3 rings (SSSR count). The number of benzene rings is 1. The maximum Gasteiger partial charge on any atom is 0.246 e. The summed E-state index contributed by atoms with van der Waals surface area (Å²) in [5.74, 6) is 1.01. The minimum absolute atomic E-state index is 0.161. The molecule has 0 bridgehead atoms. The molecule has 2 N–H and O–H groups in total. The minimum Gasteiger partial charge on any atom is -0.483 e. The summed E-state index contributed by atoms with van der Waals surface area (Å²) >= 11 is 0. The Labute approximate surface area is 115 Å². The van der Waals surface area contributed by atoms with E-state index >= 15 is 0 Å². The number of aromatic nitrogens is 1. The van der Waals surface area contributed by atoms with Crippen molar-refractivity contribution in [3.05, 3.63) is 53.9 Å². The van der Waals surface area contributed by atoms with Crippen molar-refractivity contribution in [1.82, 2.24) is 4.98 Å². The highest BCUT2D eigenvalue weighted by molar-refractivity contribution is 5.86. The number of nitriles is 1. The molecule has 0 spiro atoms. The third kappa shape index (κ3) is 2.04. The van der Waals surface area contributed by atoms with Gasteiger partial charge in [-0.15, -0.1) is 0 Å². The number of nitrogens with zero attached hydrogens (tertiary/aromatic N) is 2. The van der Waals surface area contributed by atoms with Crippen LogP contribution in [-0.4, -0.2) is 4.98 Å². The molecule has 0 saturated carbocycles. The van der Waals surface area contributed by atoms with Crippen molar-refractivity contribution in [3.63, 3.8) is 0 Å². The van der Waals surface area contributed by atoms with Crippen molar-refractivity contribution in [1.29, 1.82) is 5.26 Å². The molecule has 0 aliphatic rings. The number of anilines is 1. The van der Waals surface area contributed by atoms with E-state index in [0.717, 1.165) is 10.9 Å². The van der Waals surface area contributed by atoms with Gasteiger partial charge in [-0.3, -0.25) is 0 Å². The van der Waals surface area contributed by atoms with E-state index in [1.165, 1.54) is 0 Å². The standard InChI is InChI=1S/C15H11N3O2/c16-8-13-14(11-5-1-2-6-12(11)20-13)19-9-10-4-3-7-18-15(10)17/h1-7H,9H2,(H2,17,18). The lowest BCUT2D eigenvalue weighted by atomic mass is 10.2. The lowest BCUT2D eigenvalue weighted by Crippen LogP contribution is -2.02. The fourth-order valence-electron chi connectivity index (χ4n) is 1.96. The van der Waals surface area contributed by atoms with Crippen molar-refractivity contribution in [2.24, 2.45) is 0 Å². The van der Waals surface area contributed by atoms with Crippen LogP contribution in [0.3, 0.4) is 0 Å². The molecule has 0 atom stereocenters. The molecule has 0 unspecified atom stereocenters. The van der Waals surface area contributed by atoms with Gasteiger partial charge < -0.3 is 14.9 Å². The Morgan fingerprint density at radius 1 is 1.25 bits per heavy atom. The summed E-state index contributed by atoms with van der Waals surface area (Å²) in [4.78, 5) is 3.99. The second-order valence-electron chi connectivity index (χ2n) is 4.20. The van der Waals surface area contributed by atoms with Crippen molar-refractivity contribution >= 4 is 16.8 Å². The highest BCUT2D eigenvalue weighted by Crippen LogP contribution is 2.33. The Bertz CT molecular complexity index is 802. The monoisotopic (exact) mass is 265 g/mol. The molecule has 2 heterocycles. The van der Waals surface area contributed by atoms with Gasteiger partial charge in [0.25, 0.3) is 0 Å². The second kappa shape index (κ2) is 4.94. The van der Waals surface area contributed by atoms with Crippen LogP contribution in [0.2, 0.25) is 0 Å². The molecule has 20 heavy (non-hydrogen) atoms. The number of nitrogen functional groups attached to an aromatic ring is 1. The van der Waals surface area contributed by atoms with Crippen molar-refractivity contribution in [2.75, 3.05) is 5.73 Å². The first-order valence-electron chi connectivity index (χ1n) is 6.03. The number of furan rings is 1. The normalized spacial score (nSPS) is 10.3. The number of fused-ring (bicyclic) bond motifs is 1. The quantitative estimate of drug-likeness (QED) is 0.787. The lowest BCUT2D eigenvalue weighted by molar-refractivity contribution is 0.304. The molecule has 98 valence electrons. The molecule has 0 fully saturated rings. The van der Waals surface area contributed by atoms with Crippen molar-refractivity contribution < 1.29 is 9.15 Å². The highest BCUT2D eigenvalue weighted by atomic mass is 16.5. The summed E-state index contributed by atoms with van der Waals surface area (Å²) in [6.45, 7) is 0.234. The third-order valence-corrected chi connectivity index (χ3v) is 2.95. The van der Waals surface area contributed by atoms with Gasteiger partial charge in [-0.1, -0.05) is 18.2 Å². The van der Waals surface area contributed by atoms with E-state index in [1.807, 2.05) is 30.3 Å². The molecule has 3 aromatic rings. The van der Waals surface area contributed by atoms with Gasteiger partial charge in [0, 0.05) is 11.8 Å². The van der Waals surface area contributed by atoms with Crippen LogP contribution in [0.15, 0.2) is 47.0 Å². The topological polar surface area (TPSA) is 85.1 Å². The first kappa shape index (κ1) is 12.1. The van der Waals surface area contributed by atoms with Crippen LogP contribution in [0.4, 0.5) is 5.82 Å². The number of para-hydroxylation sites is 1. The van der Waals surface area contributed by atoms with Gasteiger partial charge in [-0.2, -0.15) is 5.26 Å². The molecule has 1 aromatic carbocycles. The van der Waals surface area contributed by atoms with Gasteiger partial charge in [0.05, 0.1) is 5.39 Å². The molecule has 5 heteroatoms. The molecule has 0 saturated heterocycles. The van der Waals surface area contributed by atoms with Gasteiger partial charge in [0.15, 0.2) is 5.75 Å². The average Bonchev–Trinajstić information content (AvgIpc) is 2.84. The van der Waals surface area contributed by atoms with E-state index in [9.17, 15) is 0 Å². The predicted octanol–water partition coefficient (Wildman–Crippen LogP) is 2.86. The van der Waals surface area contributed by atoms with Crippen LogP contribution in [0.25, 0.3) is 11.0 Å². The Morgan fingerprint density at radius 3 is 2.90 bits per heavy atom. The van der Waals surface area contributed by atoms with Crippen molar-refractivity contribution in [3.8, 4) is 11.8 Å². The van der Waals surface area contributed by atoms with Crippen LogP contribution in [0, 0.1) is 11.3 Å². The smallest absolute Gasteiger partial charge is 0.246 e. The van der Waals surface area contributed by atoms with E-state index in [1.54, 1.807) is 18.3 Å². The first-order chi connectivity index (χ1) is 9.79. The van der Waals surface area contributed by atoms with Crippen LogP contribution in [-0.2, 0) is 6.61 Å². The van der Waals surface area contributed by atoms with Gasteiger partial charge in [-0.05, 0) is 18.2 Å². The molecule has 5 nitrogen and oxygen atoms in total. The zero-order chi connectivity index (χ0) is 13.9. The van der Waals surface area contributed by atoms with E-state index < -0.39 is 0 Å². The second-order valence-corrected chi connectivity index (χ2v) is 4.20. The zero-order valence-electron chi connectivity index (χ0n) is 10.5. The summed E-state index contributed by atoms with van der Waals surface area (Å²) < 4.78 is 11.1. The molecule has 0 aliphatic carbocycles. The summed E-state index contributed by atoms with van der Waals surface area (Å²) in [6.07, 6.45) is 1.62. The van der Waals surface area contributed by atoms with Crippen LogP contribution in [0.5, 0.6) is 5.75 Å². The Balaban J connectivity index is 1.95. The molecular formula is C15H11N3O2. The fraction of sp³-hybridized carbons (Fsp3) is 0.0667. The lowest BCUT2D eigenvalue weighted by Gasteiger charge is -2.06. The summed E-state index contributed by atoms with van der Waals surface area (Å²) in [6, 6.07) is 13.0. The van der Waals surface area contributed by atoms with E-state index in [0.29, 0.717) is 17.2 Å². The van der Waals surface area contributed by atoms with Crippen LogP contribution < -0.4 is 10.5 Å². The Kier molecular flexibility index (Phi) is 2.98. The Morgan fingerprint density at radius 2 is 2.10 bits per heavy atom. The van der Waals surface area contributed by atoms with Crippen LogP contribution >= 0.6 is 0 Å². The molecule has 0 amide bonds. The Hall–Kier alpha value is -3.00. The number of nitrogens with two attached hydrogens (primary N) is 1. The van der Waals surface area contributed by atoms with Gasteiger partial charge in [0.1, 0.15) is 24.1 Å². The summed E-state index contributed by atoms with van der Waals surface area (Å²) in [5.41, 5.74) is 7.15. The predicted molar refractivity (Wildman–Crippen MR) is 73.9 cm³/mol. The SMILES string of the molecule is N#Cc1oc2ccccc2c1OCc1cccnc1N. The van der Waals surface area contributed by atoms with Gasteiger partial charge in [0.2, 0.25) is 5.76 Å². The average molecular weight is 265 g/mol. The minimum atomic E-state index is 0.161. The van der Waals surface area contributed by atoms with E-state index in [4.69, 9.17) is 20.1 Å². The number of hydrogen-bond donors (Lipinski definition) is 1. The van der Waals surface area contributed by atoms with Crippen LogP contribution in [0.1, 0.15) is 11.3 Å². The molecule has 0 radical (unpaired) electrons. The molecular weight excluding hydrogens is 254 g/mol. The largest absolute Gasteiger partial charge is 0.483 e. The highest BCUT2D eigenvalue weighted by Gasteiger charge is 2.15. The zero-order valence-corrected chi connectivity index (χ0v) is 10.5. The summed E-state index contributed by atoms with van der Waals surface area (Å²) in [5, 5.41) is 9.88. The third-order valence-electron chi connectivity index (χ3n) is 2.95. The van der Waals surface area contributed by atoms with Crippen molar-refractivity contribution in [2.45, 2.75) is 6.61 Å². The van der Waals surface area contributed by atoms with Gasteiger partial charge >= 0.3 is 0 Å². The van der Waals surface area contributed by atoms with Gasteiger partial charge in [-0.25, -0.2) is 4.98 Å². The van der Waals surface area contributed by atoms with E-state index in [2.05, 4.69) is 4.98 Å². The maximum atomic E-state index is 9.11. The number of ether oxygens (including phenoxy) is 1.